The summed E-state index contributed by atoms with van der Waals surface area (Å²) in [5.74, 6) is 0.0345. The Bertz CT molecular complexity index is 705. The Morgan fingerprint density at radius 3 is 1.90 bits per heavy atom. The maximum absolute atomic E-state index is 12.5. The molecule has 0 aliphatic heterocycles. The minimum atomic E-state index is -0.223. The molecule has 1 aromatic carbocycles. The number of nitrogens with one attached hydrogen (secondary N) is 1. The monoisotopic (exact) mass is 465 g/mol. The van der Waals surface area contributed by atoms with Crippen molar-refractivity contribution in [3.8, 4) is 0 Å². The fourth-order valence-corrected chi connectivity index (χ4v) is 2.39. The molecule has 1 atom stereocenters. The standard InChI is InChI=1S/C19H23NO2.2C3H8O.Ti/c1-19(2,3)16-11-7-10-15(18(16)22)12-20-17(13-21)14-8-5-4-6-9-14;2*1-3(2)4;/h4-12,17,20-21H,13H2,1-3H3;2*3-4H,1-2H3;/b15-12-;;;/t17-;;;/m0.../s1. The normalized spacial score (nSPS) is 15.3. The smallest absolute Gasteiger partial charge is 0.190 e. The molecule has 6 heteroatoms. The Morgan fingerprint density at radius 1 is 1.00 bits per heavy atom. The molecule has 0 heterocycles. The first-order valence-electron chi connectivity index (χ1n) is 10.3. The van der Waals surface area contributed by atoms with Crippen LogP contribution in [0.3, 0.4) is 0 Å². The van der Waals surface area contributed by atoms with Gasteiger partial charge in [-0.3, -0.25) is 4.79 Å². The molecule has 1 aliphatic carbocycles. The molecule has 0 saturated heterocycles. The maximum Gasteiger partial charge on any atom is 0.190 e. The second-order valence-electron chi connectivity index (χ2n) is 8.62. The van der Waals surface area contributed by atoms with E-state index in [4.69, 9.17) is 10.2 Å². The first-order valence-corrected chi connectivity index (χ1v) is 10.3. The molecule has 1 aliphatic rings. The second-order valence-corrected chi connectivity index (χ2v) is 8.62. The Kier molecular flexibility index (Phi) is 16.5. The second kappa shape index (κ2) is 16.2. The van der Waals surface area contributed by atoms with E-state index < -0.39 is 0 Å². The van der Waals surface area contributed by atoms with E-state index in [0.717, 1.165) is 11.1 Å². The Balaban J connectivity index is 0. The van der Waals surface area contributed by atoms with Crippen LogP contribution in [0.25, 0.3) is 0 Å². The number of allylic oxidation sites excluding steroid dienone is 5. The molecule has 0 aromatic heterocycles. The van der Waals surface area contributed by atoms with E-state index >= 15 is 0 Å². The minimum absolute atomic E-state index is 0. The van der Waals surface area contributed by atoms with E-state index in [1.165, 1.54) is 0 Å². The summed E-state index contributed by atoms with van der Waals surface area (Å²) >= 11 is 0. The third kappa shape index (κ3) is 14.2. The summed E-state index contributed by atoms with van der Waals surface area (Å²) in [5.41, 5.74) is 2.21. The predicted molar refractivity (Wildman–Crippen MR) is 124 cm³/mol. The molecule has 0 fully saturated rings. The number of hydrogen-bond acceptors (Lipinski definition) is 5. The summed E-state index contributed by atoms with van der Waals surface area (Å²) in [6.45, 7) is 12.9. The summed E-state index contributed by atoms with van der Waals surface area (Å²) in [4.78, 5) is 12.5. The van der Waals surface area contributed by atoms with Crippen LogP contribution >= 0.6 is 0 Å². The van der Waals surface area contributed by atoms with Crippen LogP contribution in [0, 0.1) is 5.41 Å². The minimum Gasteiger partial charge on any atom is -0.394 e. The summed E-state index contributed by atoms with van der Waals surface area (Å²) in [7, 11) is 0. The fourth-order valence-electron chi connectivity index (χ4n) is 2.39. The van der Waals surface area contributed by atoms with Crippen LogP contribution in [0.15, 0.2) is 65.9 Å². The van der Waals surface area contributed by atoms with Gasteiger partial charge < -0.3 is 20.6 Å². The SMILES string of the molecule is CC(C)(C)C1=CC=C/C(=C/N[C@@H](CO)c2ccccc2)C1=O.CC(C)O.CC(C)O.[Ti]. The average Bonchev–Trinajstić information content (AvgIpc) is 2.62. The molecule has 0 bridgehead atoms. The zero-order valence-electron chi connectivity index (χ0n) is 19.9. The number of benzene rings is 1. The van der Waals surface area contributed by atoms with E-state index in [2.05, 4.69) is 5.32 Å². The van der Waals surface area contributed by atoms with Crippen molar-refractivity contribution >= 4 is 5.78 Å². The van der Waals surface area contributed by atoms with Crippen molar-refractivity contribution in [2.75, 3.05) is 6.61 Å². The van der Waals surface area contributed by atoms with Crippen LogP contribution in [-0.4, -0.2) is 39.9 Å². The van der Waals surface area contributed by atoms with Crippen LogP contribution in [0.2, 0.25) is 0 Å². The molecule has 172 valence electrons. The predicted octanol–water partition coefficient (Wildman–Crippen LogP) is 4.08. The van der Waals surface area contributed by atoms with Gasteiger partial charge in [0.2, 0.25) is 0 Å². The molecule has 0 unspecified atom stereocenters. The third-order valence-electron chi connectivity index (χ3n) is 3.68. The third-order valence-corrected chi connectivity index (χ3v) is 3.68. The van der Waals surface area contributed by atoms with Crippen molar-refractivity contribution in [2.45, 2.75) is 66.7 Å². The number of carbonyl (C=O) groups is 1. The van der Waals surface area contributed by atoms with E-state index in [-0.39, 0.29) is 57.8 Å². The van der Waals surface area contributed by atoms with Gasteiger partial charge in [-0.15, -0.1) is 0 Å². The van der Waals surface area contributed by atoms with Crippen molar-refractivity contribution in [1.82, 2.24) is 5.32 Å². The number of rotatable bonds is 4. The molecule has 5 nitrogen and oxygen atoms in total. The summed E-state index contributed by atoms with van der Waals surface area (Å²) < 4.78 is 0. The molecule has 0 amide bonds. The van der Waals surface area contributed by atoms with E-state index in [1.54, 1.807) is 40.0 Å². The van der Waals surface area contributed by atoms with Gasteiger partial charge in [-0.05, 0) is 44.7 Å². The van der Waals surface area contributed by atoms with Gasteiger partial charge in [0.1, 0.15) is 0 Å². The number of aliphatic hydroxyl groups is 3. The van der Waals surface area contributed by atoms with Crippen LogP contribution in [0.5, 0.6) is 0 Å². The molecule has 4 N–H and O–H groups in total. The van der Waals surface area contributed by atoms with Crippen LogP contribution in [-0.2, 0) is 26.5 Å². The van der Waals surface area contributed by atoms with Gasteiger partial charge in [-0.1, -0.05) is 63.3 Å². The molecule has 31 heavy (non-hydrogen) atoms. The molecule has 2 rings (SSSR count). The molecule has 0 saturated carbocycles. The Labute approximate surface area is 202 Å². The van der Waals surface area contributed by atoms with E-state index in [9.17, 15) is 9.90 Å². The maximum atomic E-state index is 12.5. The quantitative estimate of drug-likeness (QED) is 0.398. The molecule has 0 radical (unpaired) electrons. The number of Topliss-reactive ketones (excluding diaryl/α,β-unsaturated/α-hetero) is 1. The molecule has 1 aromatic rings. The van der Waals surface area contributed by atoms with Crippen LogP contribution < -0.4 is 5.32 Å². The van der Waals surface area contributed by atoms with Gasteiger partial charge in [0.15, 0.2) is 5.78 Å². The summed E-state index contributed by atoms with van der Waals surface area (Å²) in [6.07, 6.45) is 6.93. The average molecular weight is 465 g/mol. The number of carbonyl (C=O) groups excluding carboxylic acids is 1. The summed E-state index contributed by atoms with van der Waals surface area (Å²) in [5, 5.41) is 28.8. The van der Waals surface area contributed by atoms with E-state index in [0.29, 0.717) is 5.57 Å². The first kappa shape index (κ1) is 31.7. The number of hydrogen-bond donors (Lipinski definition) is 4. The molecular weight excluding hydrogens is 426 g/mol. The van der Waals surface area contributed by atoms with Gasteiger partial charge in [0.05, 0.1) is 12.6 Å². The first-order chi connectivity index (χ1) is 13.9. The Morgan fingerprint density at radius 2 is 1.48 bits per heavy atom. The van der Waals surface area contributed by atoms with Gasteiger partial charge in [0.25, 0.3) is 0 Å². The van der Waals surface area contributed by atoms with Gasteiger partial charge in [-0.25, -0.2) is 0 Å². The zero-order chi connectivity index (χ0) is 23.3. The number of ketones is 1. The topological polar surface area (TPSA) is 89.8 Å². The molecular formula is C25H39NO4Ti. The van der Waals surface area contributed by atoms with Crippen molar-refractivity contribution in [2.24, 2.45) is 5.41 Å². The largest absolute Gasteiger partial charge is 0.394 e. The van der Waals surface area contributed by atoms with Crippen LogP contribution in [0.1, 0.15) is 60.1 Å². The zero-order valence-corrected chi connectivity index (χ0v) is 21.4. The number of aliphatic hydroxyl groups excluding tert-OH is 3. The van der Waals surface area contributed by atoms with Crippen LogP contribution in [0.4, 0.5) is 0 Å². The van der Waals surface area contributed by atoms with Gasteiger partial charge in [-0.2, -0.15) is 0 Å². The van der Waals surface area contributed by atoms with Crippen molar-refractivity contribution in [3.05, 3.63) is 71.5 Å². The van der Waals surface area contributed by atoms with Crippen molar-refractivity contribution in [3.63, 3.8) is 0 Å². The van der Waals surface area contributed by atoms with Gasteiger partial charge in [0, 0.05) is 51.3 Å². The van der Waals surface area contributed by atoms with Crippen molar-refractivity contribution in [1.29, 1.82) is 0 Å². The molecule has 0 spiro atoms. The van der Waals surface area contributed by atoms with Gasteiger partial charge >= 0.3 is 0 Å². The fraction of sp³-hybridized carbons (Fsp3) is 0.480. The summed E-state index contributed by atoms with van der Waals surface area (Å²) in [6, 6.07) is 9.47. The Hall–Kier alpha value is -1.50. The van der Waals surface area contributed by atoms with Crippen molar-refractivity contribution < 1.29 is 41.8 Å². The van der Waals surface area contributed by atoms with E-state index in [1.807, 2.05) is 63.3 Å².